The van der Waals surface area contributed by atoms with Gasteiger partial charge in [0.05, 0.1) is 5.92 Å². The van der Waals surface area contributed by atoms with Crippen molar-refractivity contribution >= 4 is 11.8 Å². The van der Waals surface area contributed by atoms with Crippen molar-refractivity contribution in [3.8, 4) is 0 Å². The molecule has 1 aromatic rings. The summed E-state index contributed by atoms with van der Waals surface area (Å²) in [5.74, 6) is -0.793. The van der Waals surface area contributed by atoms with Crippen LogP contribution in [0.5, 0.6) is 0 Å². The summed E-state index contributed by atoms with van der Waals surface area (Å²) in [5, 5.41) is 0. The quantitative estimate of drug-likeness (QED) is 0.803. The number of primary amides is 1. The minimum atomic E-state index is -0.366. The van der Waals surface area contributed by atoms with Gasteiger partial charge in [0.1, 0.15) is 6.54 Å². The number of hydrogen-bond donors (Lipinski definition) is 1. The van der Waals surface area contributed by atoms with Crippen LogP contribution < -0.4 is 11.3 Å². The second-order valence-corrected chi connectivity index (χ2v) is 4.75. The molecule has 0 saturated carbocycles. The van der Waals surface area contributed by atoms with E-state index in [0.29, 0.717) is 13.1 Å². The summed E-state index contributed by atoms with van der Waals surface area (Å²) in [7, 11) is 0. The highest BCUT2D eigenvalue weighted by molar-refractivity contribution is 5.80. The third kappa shape index (κ3) is 3.21. The number of carbonyl (C=O) groups excluding carboxylic acids is 2. The van der Waals surface area contributed by atoms with E-state index in [1.54, 1.807) is 23.2 Å². The molecule has 1 aliphatic heterocycles. The van der Waals surface area contributed by atoms with Gasteiger partial charge >= 0.3 is 0 Å². The molecule has 1 fully saturated rings. The van der Waals surface area contributed by atoms with Crippen LogP contribution in [-0.2, 0) is 16.1 Å². The Morgan fingerprint density at radius 2 is 2.16 bits per heavy atom. The number of carbonyl (C=O) groups is 2. The summed E-state index contributed by atoms with van der Waals surface area (Å²) in [6.45, 7) is 0.977. The first-order valence-corrected chi connectivity index (χ1v) is 6.30. The van der Waals surface area contributed by atoms with E-state index < -0.39 is 0 Å². The van der Waals surface area contributed by atoms with Gasteiger partial charge in [-0.3, -0.25) is 14.4 Å². The van der Waals surface area contributed by atoms with Gasteiger partial charge in [-0.25, -0.2) is 0 Å². The van der Waals surface area contributed by atoms with E-state index in [1.807, 2.05) is 0 Å². The van der Waals surface area contributed by atoms with Crippen molar-refractivity contribution in [2.24, 2.45) is 11.7 Å². The number of nitrogens with two attached hydrogens (primary N) is 1. The van der Waals surface area contributed by atoms with E-state index in [0.717, 1.165) is 12.8 Å². The first-order valence-electron chi connectivity index (χ1n) is 6.30. The fourth-order valence-electron chi connectivity index (χ4n) is 2.27. The van der Waals surface area contributed by atoms with E-state index in [4.69, 9.17) is 5.73 Å². The highest BCUT2D eigenvalue weighted by Crippen LogP contribution is 2.16. The molecule has 19 heavy (non-hydrogen) atoms. The summed E-state index contributed by atoms with van der Waals surface area (Å²) in [5.41, 5.74) is 5.07. The van der Waals surface area contributed by atoms with Crippen LogP contribution in [0.2, 0.25) is 0 Å². The first kappa shape index (κ1) is 13.3. The van der Waals surface area contributed by atoms with Crippen LogP contribution in [0.4, 0.5) is 0 Å². The number of amides is 2. The monoisotopic (exact) mass is 263 g/mol. The van der Waals surface area contributed by atoms with Crippen LogP contribution in [0, 0.1) is 5.92 Å². The van der Waals surface area contributed by atoms with Crippen molar-refractivity contribution in [2.75, 3.05) is 13.1 Å². The highest BCUT2D eigenvalue weighted by atomic mass is 16.2. The van der Waals surface area contributed by atoms with Crippen molar-refractivity contribution in [1.82, 2.24) is 9.47 Å². The maximum atomic E-state index is 12.1. The molecule has 102 valence electrons. The van der Waals surface area contributed by atoms with Crippen molar-refractivity contribution in [2.45, 2.75) is 19.4 Å². The van der Waals surface area contributed by atoms with Gasteiger partial charge in [0.15, 0.2) is 0 Å². The standard InChI is InChI=1S/C13H17N3O3/c14-13(19)10-4-3-7-15(8-10)12(18)9-16-6-2-1-5-11(16)17/h1-2,5-6,10H,3-4,7-9H2,(H2,14,19). The van der Waals surface area contributed by atoms with Crippen LogP contribution in [0.3, 0.4) is 0 Å². The second kappa shape index (κ2) is 5.69. The predicted molar refractivity (Wildman–Crippen MR) is 69.2 cm³/mol. The zero-order valence-corrected chi connectivity index (χ0v) is 10.6. The van der Waals surface area contributed by atoms with E-state index in [9.17, 15) is 14.4 Å². The van der Waals surface area contributed by atoms with Crippen LogP contribution in [0.1, 0.15) is 12.8 Å². The van der Waals surface area contributed by atoms with Gasteiger partial charge in [0.2, 0.25) is 11.8 Å². The lowest BCUT2D eigenvalue weighted by molar-refractivity contribution is -0.135. The molecule has 0 radical (unpaired) electrons. The summed E-state index contributed by atoms with van der Waals surface area (Å²) < 4.78 is 1.36. The van der Waals surface area contributed by atoms with Crippen molar-refractivity contribution in [1.29, 1.82) is 0 Å². The molecule has 2 heterocycles. The third-order valence-electron chi connectivity index (χ3n) is 3.38. The average Bonchev–Trinajstić information content (AvgIpc) is 2.41. The van der Waals surface area contributed by atoms with E-state index in [-0.39, 0.29) is 29.8 Å². The van der Waals surface area contributed by atoms with E-state index in [1.165, 1.54) is 10.6 Å². The Hall–Kier alpha value is -2.11. The lowest BCUT2D eigenvalue weighted by atomic mass is 9.97. The molecule has 2 amide bonds. The second-order valence-electron chi connectivity index (χ2n) is 4.75. The zero-order valence-electron chi connectivity index (χ0n) is 10.6. The number of rotatable bonds is 3. The number of nitrogens with zero attached hydrogens (tertiary/aromatic N) is 2. The predicted octanol–water partition coefficient (Wildman–Crippen LogP) is -0.428. The molecule has 1 saturated heterocycles. The molecule has 1 atom stereocenters. The van der Waals surface area contributed by atoms with Crippen LogP contribution >= 0.6 is 0 Å². The number of hydrogen-bond acceptors (Lipinski definition) is 3. The topological polar surface area (TPSA) is 85.4 Å². The zero-order chi connectivity index (χ0) is 13.8. The van der Waals surface area contributed by atoms with E-state index >= 15 is 0 Å². The normalized spacial score (nSPS) is 19.2. The highest BCUT2D eigenvalue weighted by Gasteiger charge is 2.26. The van der Waals surface area contributed by atoms with Crippen LogP contribution in [-0.4, -0.2) is 34.4 Å². The van der Waals surface area contributed by atoms with Crippen molar-refractivity contribution in [3.05, 3.63) is 34.7 Å². The lowest BCUT2D eigenvalue weighted by Crippen LogP contribution is -2.45. The molecule has 0 aromatic carbocycles. The van der Waals surface area contributed by atoms with Crippen molar-refractivity contribution < 1.29 is 9.59 Å². The molecule has 0 bridgehead atoms. The SMILES string of the molecule is NC(=O)C1CCCN(C(=O)Cn2ccccc2=O)C1. The first-order chi connectivity index (χ1) is 9.08. The Bertz CT molecular complexity index is 538. The lowest BCUT2D eigenvalue weighted by Gasteiger charge is -2.31. The Balaban J connectivity index is 2.02. The molecular formula is C13H17N3O3. The fraction of sp³-hybridized carbons (Fsp3) is 0.462. The molecule has 6 heteroatoms. The molecule has 6 nitrogen and oxygen atoms in total. The molecule has 1 unspecified atom stereocenters. The Kier molecular flexibility index (Phi) is 3.99. The van der Waals surface area contributed by atoms with Crippen LogP contribution in [0.15, 0.2) is 29.2 Å². The summed E-state index contributed by atoms with van der Waals surface area (Å²) >= 11 is 0. The summed E-state index contributed by atoms with van der Waals surface area (Å²) in [6, 6.07) is 4.75. The van der Waals surface area contributed by atoms with Gasteiger partial charge in [-0.1, -0.05) is 6.07 Å². The van der Waals surface area contributed by atoms with Gasteiger partial charge < -0.3 is 15.2 Å². The van der Waals surface area contributed by atoms with Gasteiger partial charge in [-0.15, -0.1) is 0 Å². The van der Waals surface area contributed by atoms with Gasteiger partial charge in [-0.05, 0) is 18.9 Å². The number of pyridine rings is 1. The minimum Gasteiger partial charge on any atom is -0.369 e. The molecule has 2 rings (SSSR count). The summed E-state index contributed by atoms with van der Waals surface area (Å²) in [4.78, 5) is 36.4. The average molecular weight is 263 g/mol. The molecule has 1 aliphatic rings. The Labute approximate surface area is 110 Å². The van der Waals surface area contributed by atoms with Gasteiger partial charge in [0, 0.05) is 25.4 Å². The fourth-order valence-corrected chi connectivity index (χ4v) is 2.27. The number of aromatic nitrogens is 1. The molecular weight excluding hydrogens is 246 g/mol. The smallest absolute Gasteiger partial charge is 0.250 e. The minimum absolute atomic E-state index is 0.00511. The number of piperidine rings is 1. The maximum Gasteiger partial charge on any atom is 0.250 e. The Morgan fingerprint density at radius 3 is 2.84 bits per heavy atom. The van der Waals surface area contributed by atoms with Gasteiger partial charge in [0.25, 0.3) is 5.56 Å². The molecule has 1 aromatic heterocycles. The summed E-state index contributed by atoms with van der Waals surface area (Å²) in [6.07, 6.45) is 3.07. The van der Waals surface area contributed by atoms with Crippen LogP contribution in [0.25, 0.3) is 0 Å². The number of likely N-dealkylation sites (tertiary alicyclic amines) is 1. The largest absolute Gasteiger partial charge is 0.369 e. The molecule has 2 N–H and O–H groups in total. The van der Waals surface area contributed by atoms with E-state index in [2.05, 4.69) is 0 Å². The Morgan fingerprint density at radius 1 is 1.37 bits per heavy atom. The third-order valence-corrected chi connectivity index (χ3v) is 3.38. The maximum absolute atomic E-state index is 12.1. The van der Waals surface area contributed by atoms with Crippen molar-refractivity contribution in [3.63, 3.8) is 0 Å². The van der Waals surface area contributed by atoms with Gasteiger partial charge in [-0.2, -0.15) is 0 Å². The molecule has 0 aliphatic carbocycles. The molecule has 0 spiro atoms.